The van der Waals surface area contributed by atoms with Crippen molar-refractivity contribution < 1.29 is 4.42 Å². The summed E-state index contributed by atoms with van der Waals surface area (Å²) in [6.07, 6.45) is 0. The summed E-state index contributed by atoms with van der Waals surface area (Å²) in [4.78, 5) is 4.80. The summed E-state index contributed by atoms with van der Waals surface area (Å²) in [7, 11) is 0. The zero-order valence-electron chi connectivity index (χ0n) is 27.0. The first-order chi connectivity index (χ1) is 24.8. The van der Waals surface area contributed by atoms with Crippen LogP contribution in [-0.4, -0.2) is 0 Å². The molecule has 0 unspecified atom stereocenters. The van der Waals surface area contributed by atoms with Gasteiger partial charge in [0.05, 0.1) is 21.8 Å². The topological polar surface area (TPSA) is 19.6 Å². The van der Waals surface area contributed by atoms with Gasteiger partial charge in [0.1, 0.15) is 11.2 Å². The van der Waals surface area contributed by atoms with Crippen LogP contribution >= 0.6 is 11.3 Å². The van der Waals surface area contributed by atoms with E-state index in [9.17, 15) is 0 Å². The number of benzene rings is 8. The van der Waals surface area contributed by atoms with E-state index in [-0.39, 0.29) is 0 Å². The van der Waals surface area contributed by atoms with Gasteiger partial charge in [0.15, 0.2) is 0 Å². The minimum Gasteiger partial charge on any atom is -0.456 e. The highest BCUT2D eigenvalue weighted by atomic mass is 32.1. The highest BCUT2D eigenvalue weighted by Gasteiger charge is 2.27. The van der Waals surface area contributed by atoms with Crippen molar-refractivity contribution in [3.63, 3.8) is 0 Å². The van der Waals surface area contributed by atoms with Crippen molar-refractivity contribution in [1.82, 2.24) is 0 Å². The second kappa shape index (κ2) is 11.7. The van der Waals surface area contributed by atoms with Crippen molar-refractivity contribution in [3.8, 4) is 0 Å². The summed E-state index contributed by atoms with van der Waals surface area (Å²) in [5.74, 6) is 0. The van der Waals surface area contributed by atoms with Gasteiger partial charge in [-0.05, 0) is 71.4 Å². The predicted octanol–water partition coefficient (Wildman–Crippen LogP) is 14.0. The molecule has 0 saturated heterocycles. The maximum absolute atomic E-state index is 6.48. The molecule has 8 aromatic carbocycles. The molecule has 2 aromatic heterocycles. The molecule has 0 fully saturated rings. The van der Waals surface area contributed by atoms with E-state index in [0.29, 0.717) is 0 Å². The van der Waals surface area contributed by atoms with Crippen LogP contribution in [-0.2, 0) is 0 Å². The fourth-order valence-electron chi connectivity index (χ4n) is 7.36. The first-order valence-electron chi connectivity index (χ1n) is 16.9. The summed E-state index contributed by atoms with van der Waals surface area (Å²) >= 11 is 1.87. The molecule has 0 radical (unpaired) electrons. The van der Waals surface area contributed by atoms with Crippen LogP contribution in [0.5, 0.6) is 0 Å². The maximum atomic E-state index is 6.48. The zero-order chi connectivity index (χ0) is 33.0. The number of furan rings is 1. The third-order valence-electron chi connectivity index (χ3n) is 9.61. The molecule has 10 rings (SSSR count). The number of hydrogen-bond donors (Lipinski definition) is 0. The molecular formula is C46H30N2OS. The second-order valence-corrected chi connectivity index (χ2v) is 13.6. The Morgan fingerprint density at radius 2 is 0.900 bits per heavy atom. The van der Waals surface area contributed by atoms with Gasteiger partial charge in [-0.2, -0.15) is 0 Å². The molecule has 0 aliphatic heterocycles. The Morgan fingerprint density at radius 3 is 1.62 bits per heavy atom. The van der Waals surface area contributed by atoms with Crippen molar-refractivity contribution in [1.29, 1.82) is 0 Å². The van der Waals surface area contributed by atoms with Crippen LogP contribution in [0.3, 0.4) is 0 Å². The fourth-order valence-corrected chi connectivity index (χ4v) is 8.73. The monoisotopic (exact) mass is 658 g/mol. The van der Waals surface area contributed by atoms with E-state index >= 15 is 0 Å². The molecule has 236 valence electrons. The number of anilines is 6. The number of fused-ring (bicyclic) bond motifs is 8. The first-order valence-corrected chi connectivity index (χ1v) is 17.7. The standard InChI is InChI=1S/C46H30N2OS/c1-4-15-32(16-5-1)47(33-17-6-2-7-18-33)41-29-28-40-39-26-24-31-14-10-11-21-36(31)45(39)50-46(40)44(41)48(34-19-8-3-9-20-34)35-25-27-38-37-22-12-13-23-42(37)49-43(38)30-35/h1-30H. The summed E-state index contributed by atoms with van der Waals surface area (Å²) in [5, 5.41) is 7.26. The molecule has 0 amide bonds. The quantitative estimate of drug-likeness (QED) is 0.177. The van der Waals surface area contributed by atoms with Gasteiger partial charge in [-0.3, -0.25) is 0 Å². The van der Waals surface area contributed by atoms with Gasteiger partial charge in [0, 0.05) is 49.4 Å². The van der Waals surface area contributed by atoms with Crippen molar-refractivity contribution in [2.45, 2.75) is 0 Å². The van der Waals surface area contributed by atoms with Gasteiger partial charge in [0.25, 0.3) is 0 Å². The van der Waals surface area contributed by atoms with Crippen molar-refractivity contribution in [3.05, 3.63) is 182 Å². The minimum absolute atomic E-state index is 0.865. The molecule has 0 N–H and O–H groups in total. The Labute approximate surface area is 293 Å². The Hall–Kier alpha value is -6.36. The van der Waals surface area contributed by atoms with E-state index in [1.807, 2.05) is 23.5 Å². The average molecular weight is 659 g/mol. The fraction of sp³-hybridized carbons (Fsp3) is 0. The number of hydrogen-bond acceptors (Lipinski definition) is 4. The number of para-hydroxylation sites is 4. The summed E-state index contributed by atoms with van der Waals surface area (Å²) in [6, 6.07) is 64.8. The lowest BCUT2D eigenvalue weighted by Gasteiger charge is -2.33. The third kappa shape index (κ3) is 4.57. The highest BCUT2D eigenvalue weighted by molar-refractivity contribution is 7.27. The van der Waals surface area contributed by atoms with Crippen molar-refractivity contribution in [2.75, 3.05) is 9.80 Å². The zero-order valence-corrected chi connectivity index (χ0v) is 27.8. The summed E-state index contributed by atoms with van der Waals surface area (Å²) in [6.45, 7) is 0. The first kappa shape index (κ1) is 28.6. The molecule has 0 aliphatic carbocycles. The molecule has 50 heavy (non-hydrogen) atoms. The van der Waals surface area contributed by atoms with E-state index in [4.69, 9.17) is 4.42 Å². The predicted molar refractivity (Wildman–Crippen MR) is 213 cm³/mol. The van der Waals surface area contributed by atoms with Crippen LogP contribution in [0.15, 0.2) is 186 Å². The van der Waals surface area contributed by atoms with Gasteiger partial charge in [-0.1, -0.05) is 115 Å². The van der Waals surface area contributed by atoms with Gasteiger partial charge in [0.2, 0.25) is 0 Å². The van der Waals surface area contributed by atoms with Crippen LogP contribution in [0.1, 0.15) is 0 Å². The lowest BCUT2D eigenvalue weighted by atomic mass is 10.0. The van der Waals surface area contributed by atoms with Gasteiger partial charge in [-0.15, -0.1) is 11.3 Å². The van der Waals surface area contributed by atoms with Crippen LogP contribution in [0.2, 0.25) is 0 Å². The summed E-state index contributed by atoms with van der Waals surface area (Å²) in [5.41, 5.74) is 8.23. The molecule has 3 nitrogen and oxygen atoms in total. The summed E-state index contributed by atoms with van der Waals surface area (Å²) < 4.78 is 9.00. The molecule has 0 bridgehead atoms. The van der Waals surface area contributed by atoms with Crippen LogP contribution < -0.4 is 9.80 Å². The smallest absolute Gasteiger partial charge is 0.137 e. The SMILES string of the molecule is c1ccc(N(c2ccccc2)c2ccc3c(sc4c5ccccc5ccc34)c2N(c2ccccc2)c2ccc3c(c2)oc2ccccc23)cc1. The number of thiophene rings is 1. The van der Waals surface area contributed by atoms with Crippen LogP contribution in [0.4, 0.5) is 34.1 Å². The highest BCUT2D eigenvalue weighted by Crippen LogP contribution is 2.53. The van der Waals surface area contributed by atoms with Gasteiger partial charge >= 0.3 is 0 Å². The van der Waals surface area contributed by atoms with Crippen molar-refractivity contribution in [2.24, 2.45) is 0 Å². The largest absolute Gasteiger partial charge is 0.456 e. The van der Waals surface area contributed by atoms with E-state index < -0.39 is 0 Å². The molecular weight excluding hydrogens is 629 g/mol. The van der Waals surface area contributed by atoms with Gasteiger partial charge in [-0.25, -0.2) is 0 Å². The van der Waals surface area contributed by atoms with Crippen LogP contribution in [0.25, 0.3) is 52.9 Å². The molecule has 0 saturated carbocycles. The molecule has 4 heteroatoms. The molecule has 0 aliphatic rings. The number of nitrogens with zero attached hydrogens (tertiary/aromatic N) is 2. The lowest BCUT2D eigenvalue weighted by molar-refractivity contribution is 0.669. The van der Waals surface area contributed by atoms with E-state index in [2.05, 4.69) is 180 Å². The Morgan fingerprint density at radius 1 is 0.360 bits per heavy atom. The second-order valence-electron chi connectivity index (χ2n) is 12.5. The molecule has 2 heterocycles. The lowest BCUT2D eigenvalue weighted by Crippen LogP contribution is -2.17. The minimum atomic E-state index is 0.865. The van der Waals surface area contributed by atoms with E-state index in [1.165, 1.54) is 30.9 Å². The average Bonchev–Trinajstić information content (AvgIpc) is 3.75. The van der Waals surface area contributed by atoms with Crippen molar-refractivity contribution >= 4 is 98.3 Å². The maximum Gasteiger partial charge on any atom is 0.137 e. The van der Waals surface area contributed by atoms with E-state index in [1.54, 1.807) is 0 Å². The molecule has 0 spiro atoms. The number of rotatable bonds is 6. The normalized spacial score (nSPS) is 11.6. The Bertz CT molecular complexity index is 2780. The van der Waals surface area contributed by atoms with Crippen LogP contribution in [0, 0.1) is 0 Å². The van der Waals surface area contributed by atoms with E-state index in [0.717, 1.165) is 56.1 Å². The molecule has 0 atom stereocenters. The third-order valence-corrected chi connectivity index (χ3v) is 10.9. The Kier molecular flexibility index (Phi) is 6.68. The Balaban J connectivity index is 1.34. The molecule has 10 aromatic rings. The van der Waals surface area contributed by atoms with Gasteiger partial charge < -0.3 is 14.2 Å².